The van der Waals surface area contributed by atoms with Gasteiger partial charge in [0.05, 0.1) is 0 Å². The van der Waals surface area contributed by atoms with Crippen molar-refractivity contribution in [3.8, 4) is 0 Å². The Morgan fingerprint density at radius 2 is 2.07 bits per heavy atom. The molecule has 1 aliphatic heterocycles. The minimum Gasteiger partial charge on any atom is -0.381 e. The SMILES string of the molecule is CC(C)NCCC=CC1CCOCC1. The van der Waals surface area contributed by atoms with E-state index in [1.165, 1.54) is 12.8 Å². The molecular weight excluding hydrogens is 174 g/mol. The number of hydrogen-bond donors (Lipinski definition) is 1. The van der Waals surface area contributed by atoms with E-state index in [0.717, 1.165) is 32.1 Å². The predicted octanol–water partition coefficient (Wildman–Crippen LogP) is 2.36. The molecule has 1 N–H and O–H groups in total. The van der Waals surface area contributed by atoms with Crippen molar-refractivity contribution in [1.82, 2.24) is 5.32 Å². The van der Waals surface area contributed by atoms with E-state index in [1.807, 2.05) is 0 Å². The Bertz CT molecular complexity index is 160. The number of nitrogens with one attached hydrogen (secondary N) is 1. The zero-order valence-electron chi connectivity index (χ0n) is 9.46. The smallest absolute Gasteiger partial charge is 0.0471 e. The fourth-order valence-corrected chi connectivity index (χ4v) is 1.65. The third kappa shape index (κ3) is 5.40. The Morgan fingerprint density at radius 1 is 1.36 bits per heavy atom. The van der Waals surface area contributed by atoms with Crippen molar-refractivity contribution in [2.24, 2.45) is 5.92 Å². The van der Waals surface area contributed by atoms with E-state index in [4.69, 9.17) is 4.74 Å². The summed E-state index contributed by atoms with van der Waals surface area (Å²) >= 11 is 0. The molecule has 0 radical (unpaired) electrons. The van der Waals surface area contributed by atoms with Gasteiger partial charge < -0.3 is 10.1 Å². The van der Waals surface area contributed by atoms with Gasteiger partial charge in [-0.1, -0.05) is 26.0 Å². The normalized spacial score (nSPS) is 19.6. The van der Waals surface area contributed by atoms with E-state index in [0.29, 0.717) is 6.04 Å². The van der Waals surface area contributed by atoms with Crippen LogP contribution in [0.1, 0.15) is 33.1 Å². The van der Waals surface area contributed by atoms with Crippen LogP contribution in [-0.2, 0) is 4.74 Å². The van der Waals surface area contributed by atoms with Crippen LogP contribution < -0.4 is 5.32 Å². The van der Waals surface area contributed by atoms with Crippen LogP contribution in [-0.4, -0.2) is 25.8 Å². The molecular formula is C12H23NO. The van der Waals surface area contributed by atoms with Crippen LogP contribution in [0.3, 0.4) is 0 Å². The van der Waals surface area contributed by atoms with Crippen molar-refractivity contribution in [2.75, 3.05) is 19.8 Å². The van der Waals surface area contributed by atoms with Crippen LogP contribution in [0.15, 0.2) is 12.2 Å². The number of allylic oxidation sites excluding steroid dienone is 1. The first-order valence-electron chi connectivity index (χ1n) is 5.77. The Balaban J connectivity index is 2.01. The first kappa shape index (κ1) is 11.7. The quantitative estimate of drug-likeness (QED) is 0.539. The molecule has 0 unspecified atom stereocenters. The topological polar surface area (TPSA) is 21.3 Å². The lowest BCUT2D eigenvalue weighted by molar-refractivity contribution is 0.0785. The summed E-state index contributed by atoms with van der Waals surface area (Å²) in [5.41, 5.74) is 0. The molecule has 1 saturated heterocycles. The van der Waals surface area contributed by atoms with Crippen molar-refractivity contribution in [2.45, 2.75) is 39.2 Å². The molecule has 0 aromatic rings. The zero-order valence-corrected chi connectivity index (χ0v) is 9.46. The lowest BCUT2D eigenvalue weighted by Gasteiger charge is -2.18. The minimum absolute atomic E-state index is 0.603. The van der Waals surface area contributed by atoms with Crippen molar-refractivity contribution < 1.29 is 4.74 Å². The van der Waals surface area contributed by atoms with Crippen LogP contribution in [0, 0.1) is 5.92 Å². The summed E-state index contributed by atoms with van der Waals surface area (Å²) in [5, 5.41) is 3.41. The van der Waals surface area contributed by atoms with E-state index in [1.54, 1.807) is 0 Å². The summed E-state index contributed by atoms with van der Waals surface area (Å²) in [6.07, 6.45) is 8.23. The molecule has 0 atom stereocenters. The lowest BCUT2D eigenvalue weighted by Crippen LogP contribution is -2.23. The van der Waals surface area contributed by atoms with E-state index in [2.05, 4.69) is 31.3 Å². The monoisotopic (exact) mass is 197 g/mol. The average molecular weight is 197 g/mol. The van der Waals surface area contributed by atoms with Gasteiger partial charge in [-0.3, -0.25) is 0 Å². The molecule has 0 saturated carbocycles. The van der Waals surface area contributed by atoms with E-state index >= 15 is 0 Å². The molecule has 0 amide bonds. The van der Waals surface area contributed by atoms with Crippen molar-refractivity contribution in [1.29, 1.82) is 0 Å². The molecule has 82 valence electrons. The van der Waals surface area contributed by atoms with Crippen LogP contribution in [0.25, 0.3) is 0 Å². The van der Waals surface area contributed by atoms with Gasteiger partial charge in [0.25, 0.3) is 0 Å². The summed E-state index contributed by atoms with van der Waals surface area (Å²) in [4.78, 5) is 0. The Kier molecular flexibility index (Phi) is 5.88. The minimum atomic E-state index is 0.603. The summed E-state index contributed by atoms with van der Waals surface area (Å²) in [6.45, 7) is 7.35. The van der Waals surface area contributed by atoms with Gasteiger partial charge in [-0.15, -0.1) is 0 Å². The molecule has 14 heavy (non-hydrogen) atoms. The third-order valence-corrected chi connectivity index (χ3v) is 2.54. The van der Waals surface area contributed by atoms with E-state index in [-0.39, 0.29) is 0 Å². The van der Waals surface area contributed by atoms with Gasteiger partial charge in [-0.25, -0.2) is 0 Å². The van der Waals surface area contributed by atoms with Crippen LogP contribution in [0.2, 0.25) is 0 Å². The predicted molar refractivity (Wildman–Crippen MR) is 60.4 cm³/mol. The molecule has 0 aromatic carbocycles. The largest absolute Gasteiger partial charge is 0.381 e. The first-order valence-corrected chi connectivity index (χ1v) is 5.77. The van der Waals surface area contributed by atoms with E-state index < -0.39 is 0 Å². The second-order valence-corrected chi connectivity index (χ2v) is 4.28. The molecule has 2 heteroatoms. The molecule has 1 fully saturated rings. The third-order valence-electron chi connectivity index (χ3n) is 2.54. The Morgan fingerprint density at radius 3 is 2.71 bits per heavy atom. The molecule has 1 rings (SSSR count). The van der Waals surface area contributed by atoms with Crippen LogP contribution in [0.4, 0.5) is 0 Å². The average Bonchev–Trinajstić information content (AvgIpc) is 2.18. The highest BCUT2D eigenvalue weighted by molar-refractivity contribution is 4.89. The van der Waals surface area contributed by atoms with Gasteiger partial charge in [0.1, 0.15) is 0 Å². The highest BCUT2D eigenvalue weighted by Gasteiger charge is 2.09. The lowest BCUT2D eigenvalue weighted by atomic mass is 10.00. The highest BCUT2D eigenvalue weighted by atomic mass is 16.5. The van der Waals surface area contributed by atoms with Gasteiger partial charge in [0.15, 0.2) is 0 Å². The number of ether oxygens (including phenoxy) is 1. The fourth-order valence-electron chi connectivity index (χ4n) is 1.65. The summed E-state index contributed by atoms with van der Waals surface area (Å²) in [6, 6.07) is 0.603. The maximum atomic E-state index is 5.31. The Labute approximate surface area is 87.7 Å². The maximum Gasteiger partial charge on any atom is 0.0471 e. The summed E-state index contributed by atoms with van der Waals surface area (Å²) in [5.74, 6) is 0.766. The molecule has 1 heterocycles. The van der Waals surface area contributed by atoms with Crippen LogP contribution >= 0.6 is 0 Å². The molecule has 0 bridgehead atoms. The van der Waals surface area contributed by atoms with E-state index in [9.17, 15) is 0 Å². The summed E-state index contributed by atoms with van der Waals surface area (Å²) in [7, 11) is 0. The van der Waals surface area contributed by atoms with Gasteiger partial charge in [-0.05, 0) is 31.7 Å². The van der Waals surface area contributed by atoms with Gasteiger partial charge in [0, 0.05) is 19.3 Å². The standard InChI is InChI=1S/C12H23NO/c1-11(2)13-8-4-3-5-12-6-9-14-10-7-12/h3,5,11-13H,4,6-10H2,1-2H3. The highest BCUT2D eigenvalue weighted by Crippen LogP contribution is 2.15. The molecule has 0 spiro atoms. The molecule has 2 nitrogen and oxygen atoms in total. The van der Waals surface area contributed by atoms with Crippen LogP contribution in [0.5, 0.6) is 0 Å². The second kappa shape index (κ2) is 7.02. The molecule has 0 aromatic heterocycles. The van der Waals surface area contributed by atoms with Gasteiger partial charge in [0.2, 0.25) is 0 Å². The van der Waals surface area contributed by atoms with Crippen molar-refractivity contribution >= 4 is 0 Å². The fraction of sp³-hybridized carbons (Fsp3) is 0.833. The zero-order chi connectivity index (χ0) is 10.2. The summed E-state index contributed by atoms with van der Waals surface area (Å²) < 4.78 is 5.31. The van der Waals surface area contributed by atoms with Gasteiger partial charge >= 0.3 is 0 Å². The van der Waals surface area contributed by atoms with Gasteiger partial charge in [-0.2, -0.15) is 0 Å². The first-order chi connectivity index (χ1) is 6.79. The molecule has 1 aliphatic rings. The Hall–Kier alpha value is -0.340. The van der Waals surface area contributed by atoms with Crippen molar-refractivity contribution in [3.63, 3.8) is 0 Å². The second-order valence-electron chi connectivity index (χ2n) is 4.28. The van der Waals surface area contributed by atoms with Crippen molar-refractivity contribution in [3.05, 3.63) is 12.2 Å². The maximum absolute atomic E-state index is 5.31. The number of hydrogen-bond acceptors (Lipinski definition) is 2. The molecule has 0 aliphatic carbocycles. The number of rotatable bonds is 5.